The smallest absolute Gasteiger partial charge is 0.453 e. The number of nitrogens with zero attached hydrogens (tertiary/aromatic N) is 1. The number of aliphatic hydroxyl groups excluding tert-OH is 1. The Morgan fingerprint density at radius 3 is 2.03 bits per heavy atom. The fraction of sp³-hybridized carbons (Fsp3) is 0.500. The highest BCUT2D eigenvalue weighted by atomic mass is 19.4. The van der Waals surface area contributed by atoms with Crippen molar-refractivity contribution in [3.8, 4) is 11.5 Å². The van der Waals surface area contributed by atoms with Gasteiger partial charge in [0.05, 0.1) is 12.0 Å². The minimum atomic E-state index is -5.91. The van der Waals surface area contributed by atoms with Crippen molar-refractivity contribution < 1.29 is 49.4 Å². The standard InChI is InChI=1S/C24H24F9NO2/c25-16-7-9-18(10-8-16)36-19-6-4-5-17(13-19)34(14-20(35)22(26,27)28)15-21(11-2-1-3-12-21)23(29,30)24(31,32)33/h4-10,13,20,35H,1-3,11-12,14-15H2. The zero-order chi connectivity index (χ0) is 26.8. The first-order valence-electron chi connectivity index (χ1n) is 11.1. The highest BCUT2D eigenvalue weighted by Crippen LogP contribution is 2.56. The number of halogens is 9. The van der Waals surface area contributed by atoms with E-state index in [1.165, 1.54) is 30.3 Å². The van der Waals surface area contributed by atoms with E-state index in [1.54, 1.807) is 0 Å². The Kier molecular flexibility index (Phi) is 8.07. The highest BCUT2D eigenvalue weighted by molar-refractivity contribution is 5.52. The molecule has 36 heavy (non-hydrogen) atoms. The molecule has 0 aromatic heterocycles. The Balaban J connectivity index is 2.00. The van der Waals surface area contributed by atoms with Crippen molar-refractivity contribution in [2.45, 2.75) is 56.5 Å². The number of alkyl halides is 8. The average Bonchev–Trinajstić information content (AvgIpc) is 2.79. The fourth-order valence-electron chi connectivity index (χ4n) is 4.42. The van der Waals surface area contributed by atoms with Crippen LogP contribution in [0.4, 0.5) is 45.2 Å². The molecule has 12 heteroatoms. The lowest BCUT2D eigenvalue weighted by Gasteiger charge is -2.47. The average molecular weight is 529 g/mol. The molecule has 2 aromatic rings. The summed E-state index contributed by atoms with van der Waals surface area (Å²) >= 11 is 0. The molecule has 200 valence electrons. The second kappa shape index (κ2) is 10.4. The summed E-state index contributed by atoms with van der Waals surface area (Å²) in [5.41, 5.74) is -2.84. The van der Waals surface area contributed by atoms with Crippen LogP contribution >= 0.6 is 0 Å². The molecule has 1 aliphatic carbocycles. The number of benzene rings is 2. The molecule has 0 aliphatic heterocycles. The summed E-state index contributed by atoms with van der Waals surface area (Å²) in [5.74, 6) is -5.55. The van der Waals surface area contributed by atoms with Gasteiger partial charge in [0.2, 0.25) is 0 Å². The van der Waals surface area contributed by atoms with E-state index in [0.29, 0.717) is 11.3 Å². The van der Waals surface area contributed by atoms with Crippen molar-refractivity contribution in [3.05, 3.63) is 54.3 Å². The molecule has 1 aliphatic rings. The van der Waals surface area contributed by atoms with Gasteiger partial charge in [-0.15, -0.1) is 0 Å². The van der Waals surface area contributed by atoms with E-state index in [9.17, 15) is 44.6 Å². The van der Waals surface area contributed by atoms with Gasteiger partial charge in [0.15, 0.2) is 6.10 Å². The van der Waals surface area contributed by atoms with Crippen LogP contribution in [0.15, 0.2) is 48.5 Å². The van der Waals surface area contributed by atoms with Crippen molar-refractivity contribution in [2.75, 3.05) is 18.0 Å². The number of hydrogen-bond acceptors (Lipinski definition) is 3. The van der Waals surface area contributed by atoms with Crippen molar-refractivity contribution in [2.24, 2.45) is 5.41 Å². The quantitative estimate of drug-likeness (QED) is 0.360. The van der Waals surface area contributed by atoms with Gasteiger partial charge in [-0.3, -0.25) is 0 Å². The second-order valence-corrected chi connectivity index (χ2v) is 8.90. The minimum Gasteiger partial charge on any atom is -0.457 e. The molecule has 0 spiro atoms. The summed E-state index contributed by atoms with van der Waals surface area (Å²) < 4.78 is 128. The molecular weight excluding hydrogens is 505 g/mol. The van der Waals surface area contributed by atoms with Gasteiger partial charge in [-0.1, -0.05) is 25.3 Å². The van der Waals surface area contributed by atoms with Crippen LogP contribution in [-0.2, 0) is 0 Å². The van der Waals surface area contributed by atoms with Gasteiger partial charge < -0.3 is 14.7 Å². The van der Waals surface area contributed by atoms with E-state index in [1.807, 2.05) is 0 Å². The highest BCUT2D eigenvalue weighted by Gasteiger charge is 2.69. The van der Waals surface area contributed by atoms with E-state index in [0.717, 1.165) is 18.2 Å². The van der Waals surface area contributed by atoms with Crippen LogP contribution < -0.4 is 9.64 Å². The fourth-order valence-corrected chi connectivity index (χ4v) is 4.42. The SMILES string of the molecule is OC(CN(CC1(C(F)(F)C(F)(F)F)CCCCC1)c1cccc(Oc2ccc(F)cc2)c1)C(F)(F)F. The van der Waals surface area contributed by atoms with Crippen LogP contribution in [0.25, 0.3) is 0 Å². The van der Waals surface area contributed by atoms with E-state index in [-0.39, 0.29) is 30.0 Å². The first-order chi connectivity index (χ1) is 16.6. The second-order valence-electron chi connectivity index (χ2n) is 8.90. The van der Waals surface area contributed by atoms with Gasteiger partial charge in [0.1, 0.15) is 17.3 Å². The normalized spacial score (nSPS) is 17.5. The maximum atomic E-state index is 14.8. The predicted molar refractivity (Wildman–Crippen MR) is 114 cm³/mol. The zero-order valence-electron chi connectivity index (χ0n) is 18.9. The van der Waals surface area contributed by atoms with Crippen molar-refractivity contribution in [1.82, 2.24) is 0 Å². The summed E-state index contributed by atoms with van der Waals surface area (Å²) in [6.45, 7) is -2.34. The molecule has 0 saturated heterocycles. The van der Waals surface area contributed by atoms with Crippen molar-refractivity contribution in [1.29, 1.82) is 0 Å². The number of rotatable bonds is 8. The van der Waals surface area contributed by atoms with E-state index >= 15 is 0 Å². The Labute approximate surface area is 201 Å². The van der Waals surface area contributed by atoms with E-state index in [4.69, 9.17) is 4.74 Å². The molecular formula is C24H24F9NO2. The predicted octanol–water partition coefficient (Wildman–Crippen LogP) is 7.50. The number of hydrogen-bond donors (Lipinski definition) is 1. The molecule has 1 atom stereocenters. The largest absolute Gasteiger partial charge is 0.457 e. The molecule has 0 heterocycles. The third-order valence-corrected chi connectivity index (χ3v) is 6.33. The number of anilines is 1. The molecule has 0 radical (unpaired) electrons. The topological polar surface area (TPSA) is 32.7 Å². The van der Waals surface area contributed by atoms with Gasteiger partial charge >= 0.3 is 18.3 Å². The zero-order valence-corrected chi connectivity index (χ0v) is 18.9. The Bertz CT molecular complexity index is 1000. The Morgan fingerprint density at radius 2 is 1.47 bits per heavy atom. The summed E-state index contributed by atoms with van der Waals surface area (Å²) in [6, 6.07) is 9.82. The summed E-state index contributed by atoms with van der Waals surface area (Å²) in [4.78, 5) is 0.695. The third-order valence-electron chi connectivity index (χ3n) is 6.33. The van der Waals surface area contributed by atoms with Crippen LogP contribution in [0.2, 0.25) is 0 Å². The molecule has 1 saturated carbocycles. The molecule has 0 amide bonds. The van der Waals surface area contributed by atoms with Gasteiger partial charge in [-0.05, 0) is 49.2 Å². The first-order valence-corrected chi connectivity index (χ1v) is 11.1. The summed E-state index contributed by atoms with van der Waals surface area (Å²) in [5, 5.41) is 9.68. The molecule has 3 nitrogen and oxygen atoms in total. The Morgan fingerprint density at radius 1 is 0.861 bits per heavy atom. The maximum Gasteiger partial charge on any atom is 0.453 e. The molecule has 0 bridgehead atoms. The van der Waals surface area contributed by atoms with E-state index < -0.39 is 61.5 Å². The molecule has 3 rings (SSSR count). The molecule has 2 aromatic carbocycles. The summed E-state index contributed by atoms with van der Waals surface area (Å²) in [6.07, 6.45) is -14.6. The lowest BCUT2D eigenvalue weighted by Crippen LogP contribution is -2.58. The Hall–Kier alpha value is -2.63. The first kappa shape index (κ1) is 27.9. The van der Waals surface area contributed by atoms with Crippen LogP contribution in [0.5, 0.6) is 11.5 Å². The maximum absolute atomic E-state index is 14.8. The molecule has 1 N–H and O–H groups in total. The minimum absolute atomic E-state index is 0.0193. The van der Waals surface area contributed by atoms with Crippen molar-refractivity contribution >= 4 is 5.69 Å². The molecule has 1 fully saturated rings. The van der Waals surface area contributed by atoms with E-state index in [2.05, 4.69) is 0 Å². The van der Waals surface area contributed by atoms with Gasteiger partial charge in [0, 0.05) is 18.3 Å². The lowest BCUT2D eigenvalue weighted by molar-refractivity contribution is -0.329. The van der Waals surface area contributed by atoms with Gasteiger partial charge in [0.25, 0.3) is 0 Å². The van der Waals surface area contributed by atoms with Crippen LogP contribution in [0, 0.1) is 11.2 Å². The number of ether oxygens (including phenoxy) is 1. The number of aliphatic hydroxyl groups is 1. The van der Waals surface area contributed by atoms with Crippen molar-refractivity contribution in [3.63, 3.8) is 0 Å². The molecule has 1 unspecified atom stereocenters. The third kappa shape index (κ3) is 6.19. The summed E-state index contributed by atoms with van der Waals surface area (Å²) in [7, 11) is 0. The van der Waals surface area contributed by atoms with Crippen LogP contribution in [0.3, 0.4) is 0 Å². The van der Waals surface area contributed by atoms with Gasteiger partial charge in [-0.25, -0.2) is 4.39 Å². The van der Waals surface area contributed by atoms with Crippen LogP contribution in [0.1, 0.15) is 32.1 Å². The monoisotopic (exact) mass is 529 g/mol. The van der Waals surface area contributed by atoms with Crippen LogP contribution in [-0.4, -0.2) is 42.6 Å². The van der Waals surface area contributed by atoms with Gasteiger partial charge in [-0.2, -0.15) is 35.1 Å². The lowest BCUT2D eigenvalue weighted by atomic mass is 9.68.